The molecule has 0 aromatic carbocycles. The molecule has 1 aliphatic heterocycles. The van der Waals surface area contributed by atoms with Gasteiger partial charge in [0, 0.05) is 18.8 Å². The summed E-state index contributed by atoms with van der Waals surface area (Å²) in [7, 11) is 0. The van der Waals surface area contributed by atoms with Crippen LogP contribution >= 0.6 is 0 Å². The van der Waals surface area contributed by atoms with E-state index in [2.05, 4.69) is 31.7 Å². The Kier molecular flexibility index (Phi) is 7.03. The molecule has 0 bridgehead atoms. The number of carbonyl (C=O) groups is 1. The maximum absolute atomic E-state index is 12.5. The van der Waals surface area contributed by atoms with E-state index in [1.807, 2.05) is 13.8 Å². The fourth-order valence-electron chi connectivity index (χ4n) is 4.92. The fraction of sp³-hybridized carbons (Fsp3) is 0.708. The molecule has 156 valence electrons. The predicted octanol–water partition coefficient (Wildman–Crippen LogP) is 4.94. The third kappa shape index (κ3) is 4.89. The molecule has 1 saturated heterocycles. The van der Waals surface area contributed by atoms with Crippen LogP contribution in [0.4, 0.5) is 0 Å². The van der Waals surface area contributed by atoms with Crippen molar-refractivity contribution < 1.29 is 19.4 Å². The van der Waals surface area contributed by atoms with Crippen molar-refractivity contribution >= 4 is 5.97 Å². The summed E-state index contributed by atoms with van der Waals surface area (Å²) in [5.74, 6) is 1.69. The zero-order valence-corrected chi connectivity index (χ0v) is 17.6. The van der Waals surface area contributed by atoms with E-state index < -0.39 is 0 Å². The summed E-state index contributed by atoms with van der Waals surface area (Å²) in [6.45, 7) is 10.1. The highest BCUT2D eigenvalue weighted by atomic mass is 16.5. The molecule has 7 unspecified atom stereocenters. The molecule has 2 aliphatic carbocycles. The Labute approximate surface area is 169 Å². The quantitative estimate of drug-likeness (QED) is 0.655. The maximum Gasteiger partial charge on any atom is 0.308 e. The standard InChI is InChI=1S/C24H36O4/c1-5-15(2)24(26)28-22-8-6-7-18-10-9-16(3)21(23(18)22)12-11-20-14-19(25)13-17(4)27-20/h7,9-10,15-16,19-23,25H,4-6,8,11-14H2,1-3H3. The van der Waals surface area contributed by atoms with Crippen LogP contribution in [-0.4, -0.2) is 29.4 Å². The Morgan fingerprint density at radius 2 is 2.21 bits per heavy atom. The van der Waals surface area contributed by atoms with Gasteiger partial charge in [-0.15, -0.1) is 0 Å². The van der Waals surface area contributed by atoms with Crippen LogP contribution in [0.2, 0.25) is 0 Å². The van der Waals surface area contributed by atoms with Crippen molar-refractivity contribution in [2.45, 2.75) is 84.0 Å². The summed E-state index contributed by atoms with van der Waals surface area (Å²) < 4.78 is 11.9. The van der Waals surface area contributed by atoms with Crippen LogP contribution in [0.3, 0.4) is 0 Å². The summed E-state index contributed by atoms with van der Waals surface area (Å²) in [6.07, 6.45) is 12.3. The maximum atomic E-state index is 12.5. The van der Waals surface area contributed by atoms with Gasteiger partial charge in [0.15, 0.2) is 0 Å². The normalized spacial score (nSPS) is 36.1. The Morgan fingerprint density at radius 1 is 1.43 bits per heavy atom. The number of aliphatic hydroxyl groups is 1. The number of rotatable bonds is 6. The molecule has 3 aliphatic rings. The third-order valence-electron chi connectivity index (χ3n) is 6.78. The molecule has 0 aromatic heterocycles. The summed E-state index contributed by atoms with van der Waals surface area (Å²) in [4.78, 5) is 12.5. The Balaban J connectivity index is 1.70. The average Bonchev–Trinajstić information content (AvgIpc) is 2.66. The van der Waals surface area contributed by atoms with E-state index in [1.54, 1.807) is 0 Å². The number of hydrogen-bond donors (Lipinski definition) is 1. The summed E-state index contributed by atoms with van der Waals surface area (Å²) in [6, 6.07) is 0. The number of esters is 1. The van der Waals surface area contributed by atoms with Gasteiger partial charge in [-0.3, -0.25) is 4.79 Å². The lowest BCUT2D eigenvalue weighted by atomic mass is 9.66. The second-order valence-electron chi connectivity index (χ2n) is 8.92. The zero-order valence-electron chi connectivity index (χ0n) is 17.6. The Morgan fingerprint density at radius 3 is 2.93 bits per heavy atom. The predicted molar refractivity (Wildman–Crippen MR) is 110 cm³/mol. The van der Waals surface area contributed by atoms with Crippen LogP contribution < -0.4 is 0 Å². The summed E-state index contributed by atoms with van der Waals surface area (Å²) in [5, 5.41) is 10.0. The van der Waals surface area contributed by atoms with E-state index in [9.17, 15) is 9.90 Å². The minimum absolute atomic E-state index is 0.0338. The van der Waals surface area contributed by atoms with E-state index >= 15 is 0 Å². The monoisotopic (exact) mass is 388 g/mol. The number of ether oxygens (including phenoxy) is 2. The smallest absolute Gasteiger partial charge is 0.308 e. The summed E-state index contributed by atoms with van der Waals surface area (Å²) >= 11 is 0. The number of aliphatic hydroxyl groups excluding tert-OH is 1. The molecule has 0 saturated carbocycles. The molecule has 1 fully saturated rings. The van der Waals surface area contributed by atoms with Gasteiger partial charge in [0.25, 0.3) is 0 Å². The van der Waals surface area contributed by atoms with Crippen LogP contribution in [0.25, 0.3) is 0 Å². The van der Waals surface area contributed by atoms with Crippen LogP contribution in [0.1, 0.15) is 65.7 Å². The number of fused-ring (bicyclic) bond motifs is 1. The SMILES string of the molecule is C=C1CC(O)CC(CCC2C(C)C=CC3=CCCC(OC(=O)C(C)CC)C32)O1. The first-order valence-electron chi connectivity index (χ1n) is 11.0. The van der Waals surface area contributed by atoms with Gasteiger partial charge in [0.2, 0.25) is 0 Å². The topological polar surface area (TPSA) is 55.8 Å². The largest absolute Gasteiger partial charge is 0.495 e. The number of hydrogen-bond acceptors (Lipinski definition) is 4. The van der Waals surface area contributed by atoms with E-state index in [4.69, 9.17) is 9.47 Å². The van der Waals surface area contributed by atoms with Gasteiger partial charge in [0.05, 0.1) is 17.8 Å². The molecule has 0 radical (unpaired) electrons. The molecule has 0 amide bonds. The first kappa shape index (κ1) is 21.2. The van der Waals surface area contributed by atoms with Gasteiger partial charge in [-0.2, -0.15) is 0 Å². The van der Waals surface area contributed by atoms with Crippen molar-refractivity contribution in [3.8, 4) is 0 Å². The highest BCUT2D eigenvalue weighted by molar-refractivity contribution is 5.72. The van der Waals surface area contributed by atoms with Gasteiger partial charge in [0.1, 0.15) is 12.2 Å². The van der Waals surface area contributed by atoms with Gasteiger partial charge in [-0.05, 0) is 49.5 Å². The number of allylic oxidation sites excluding steroid dienone is 3. The first-order valence-corrected chi connectivity index (χ1v) is 11.0. The van der Waals surface area contributed by atoms with Crippen LogP contribution in [-0.2, 0) is 14.3 Å². The molecule has 1 N–H and O–H groups in total. The third-order valence-corrected chi connectivity index (χ3v) is 6.78. The van der Waals surface area contributed by atoms with Crippen LogP contribution in [0.15, 0.2) is 36.1 Å². The fourth-order valence-corrected chi connectivity index (χ4v) is 4.92. The molecule has 4 heteroatoms. The van der Waals surface area contributed by atoms with Crippen molar-refractivity contribution in [2.75, 3.05) is 0 Å². The molecule has 0 aromatic rings. The summed E-state index contributed by atoms with van der Waals surface area (Å²) in [5.41, 5.74) is 1.32. The minimum Gasteiger partial charge on any atom is -0.495 e. The van der Waals surface area contributed by atoms with Crippen molar-refractivity contribution in [3.05, 3.63) is 36.1 Å². The lowest BCUT2D eigenvalue weighted by Gasteiger charge is -2.42. The van der Waals surface area contributed by atoms with Gasteiger partial charge in [-0.25, -0.2) is 0 Å². The molecule has 3 rings (SSSR count). The number of carbonyl (C=O) groups excluding carboxylic acids is 1. The second-order valence-corrected chi connectivity index (χ2v) is 8.92. The zero-order chi connectivity index (χ0) is 20.3. The molecular formula is C24H36O4. The molecule has 0 spiro atoms. The van der Waals surface area contributed by atoms with E-state index in [-0.39, 0.29) is 36.1 Å². The van der Waals surface area contributed by atoms with Crippen molar-refractivity contribution in [1.82, 2.24) is 0 Å². The molecule has 28 heavy (non-hydrogen) atoms. The lowest BCUT2D eigenvalue weighted by molar-refractivity contribution is -0.158. The van der Waals surface area contributed by atoms with Crippen LogP contribution in [0, 0.1) is 23.7 Å². The van der Waals surface area contributed by atoms with E-state index in [0.717, 1.165) is 32.1 Å². The highest BCUT2D eigenvalue weighted by Crippen LogP contribution is 2.44. The first-order chi connectivity index (χ1) is 13.4. The Hall–Kier alpha value is -1.55. The van der Waals surface area contributed by atoms with Crippen LogP contribution in [0.5, 0.6) is 0 Å². The molecular weight excluding hydrogens is 352 g/mol. The highest BCUT2D eigenvalue weighted by Gasteiger charge is 2.40. The minimum atomic E-state index is -0.343. The second kappa shape index (κ2) is 9.30. The van der Waals surface area contributed by atoms with Crippen molar-refractivity contribution in [3.63, 3.8) is 0 Å². The van der Waals surface area contributed by atoms with Crippen molar-refractivity contribution in [1.29, 1.82) is 0 Å². The van der Waals surface area contributed by atoms with Gasteiger partial charge in [-0.1, -0.05) is 45.6 Å². The van der Waals surface area contributed by atoms with Gasteiger partial charge < -0.3 is 14.6 Å². The van der Waals surface area contributed by atoms with E-state index in [0.29, 0.717) is 30.4 Å². The molecule has 1 heterocycles. The molecule has 7 atom stereocenters. The average molecular weight is 389 g/mol. The van der Waals surface area contributed by atoms with Crippen molar-refractivity contribution in [2.24, 2.45) is 23.7 Å². The van der Waals surface area contributed by atoms with Gasteiger partial charge >= 0.3 is 5.97 Å². The molecule has 4 nitrogen and oxygen atoms in total. The Bertz CT molecular complexity index is 635. The van der Waals surface area contributed by atoms with E-state index in [1.165, 1.54) is 5.57 Å². The lowest BCUT2D eigenvalue weighted by Crippen LogP contribution is -2.40.